The number of ether oxygens (including phenoxy) is 1. The van der Waals surface area contributed by atoms with Gasteiger partial charge in [0.15, 0.2) is 11.6 Å². The lowest BCUT2D eigenvalue weighted by Crippen LogP contribution is -2.46. The first-order chi connectivity index (χ1) is 19.8. The summed E-state index contributed by atoms with van der Waals surface area (Å²) in [7, 11) is 0. The van der Waals surface area contributed by atoms with Crippen LogP contribution in [0.3, 0.4) is 0 Å². The van der Waals surface area contributed by atoms with Crippen LogP contribution in [0.4, 0.5) is 18.9 Å². The van der Waals surface area contributed by atoms with Gasteiger partial charge in [-0.1, -0.05) is 6.07 Å². The van der Waals surface area contributed by atoms with E-state index in [4.69, 9.17) is 9.72 Å². The molecular weight excluding hydrogens is 535 g/mol. The summed E-state index contributed by atoms with van der Waals surface area (Å²) in [4.78, 5) is 22.2. The van der Waals surface area contributed by atoms with E-state index in [2.05, 4.69) is 31.1 Å². The number of nitrogens with one attached hydrogen (secondary N) is 4. The van der Waals surface area contributed by atoms with Crippen LogP contribution >= 0.6 is 0 Å². The quantitative estimate of drug-likeness (QED) is 0.266. The first-order valence-corrected chi connectivity index (χ1v) is 13.4. The summed E-state index contributed by atoms with van der Waals surface area (Å²) < 4.78 is 45.6. The second-order valence-electron chi connectivity index (χ2n) is 10.2. The molecular formula is C29H28F3N7O2. The van der Waals surface area contributed by atoms with Crippen LogP contribution < -0.4 is 20.7 Å². The largest absolute Gasteiger partial charge is 0.493 e. The van der Waals surface area contributed by atoms with Crippen molar-refractivity contribution in [3.05, 3.63) is 89.5 Å². The number of benzene rings is 2. The molecule has 212 valence electrons. The van der Waals surface area contributed by atoms with Crippen molar-refractivity contribution in [2.45, 2.75) is 37.0 Å². The maximum absolute atomic E-state index is 13.3. The zero-order chi connectivity index (χ0) is 28.5. The van der Waals surface area contributed by atoms with Gasteiger partial charge in [0.05, 0.1) is 23.8 Å². The molecule has 4 heterocycles. The molecule has 2 aromatic heterocycles. The van der Waals surface area contributed by atoms with Gasteiger partial charge >= 0.3 is 6.18 Å². The summed E-state index contributed by atoms with van der Waals surface area (Å²) in [5.74, 6) is 1.22. The number of anilines is 1. The summed E-state index contributed by atoms with van der Waals surface area (Å²) in [5.41, 5.74) is 0.938. The molecule has 2 aliphatic heterocycles. The zero-order valence-corrected chi connectivity index (χ0v) is 22.0. The number of piperidine rings is 1. The predicted molar refractivity (Wildman–Crippen MR) is 145 cm³/mol. The van der Waals surface area contributed by atoms with Crippen LogP contribution in [0.5, 0.6) is 5.75 Å². The van der Waals surface area contributed by atoms with Crippen molar-refractivity contribution in [3.63, 3.8) is 0 Å². The van der Waals surface area contributed by atoms with Crippen LogP contribution in [0.1, 0.15) is 52.6 Å². The van der Waals surface area contributed by atoms with E-state index in [0.717, 1.165) is 43.6 Å². The maximum Gasteiger partial charge on any atom is 0.416 e. The number of nitrogens with zero attached hydrogens (tertiary/aromatic N) is 3. The molecule has 41 heavy (non-hydrogen) atoms. The summed E-state index contributed by atoms with van der Waals surface area (Å²) in [6.07, 6.45) is 0.709. The molecule has 12 heteroatoms. The standard InChI is InChI=1S/C29H28F3N7O2/c30-29(31,32)20-4-5-24-22(17-20)23(8-15-41-24)35-26(40)19-2-1-3-21(16-19)37-28(9-13-34-14-10-28)27-36-25(38-39-27)18-6-11-33-12-7-18/h1-7,11-12,16-17,23,34,37H,8-10,13-15H2,(H,35,40)(H,36,38,39)/t23-/m0/s1. The predicted octanol–water partition coefficient (Wildman–Crippen LogP) is 4.83. The number of pyridine rings is 1. The molecule has 0 bridgehead atoms. The molecule has 0 aliphatic carbocycles. The van der Waals surface area contributed by atoms with Crippen molar-refractivity contribution in [2.24, 2.45) is 0 Å². The molecule has 1 fully saturated rings. The molecule has 0 radical (unpaired) electrons. The lowest BCUT2D eigenvalue weighted by atomic mass is 9.87. The van der Waals surface area contributed by atoms with Gasteiger partial charge in [0.1, 0.15) is 5.75 Å². The van der Waals surface area contributed by atoms with Crippen molar-refractivity contribution in [3.8, 4) is 17.1 Å². The summed E-state index contributed by atoms with van der Waals surface area (Å²) >= 11 is 0. The highest BCUT2D eigenvalue weighted by Crippen LogP contribution is 2.38. The first-order valence-electron chi connectivity index (χ1n) is 13.4. The van der Waals surface area contributed by atoms with Crippen LogP contribution in [-0.2, 0) is 11.7 Å². The van der Waals surface area contributed by atoms with Crippen molar-refractivity contribution < 1.29 is 22.7 Å². The lowest BCUT2D eigenvalue weighted by molar-refractivity contribution is -0.137. The number of halogens is 3. The van der Waals surface area contributed by atoms with E-state index in [1.54, 1.807) is 30.6 Å². The highest BCUT2D eigenvalue weighted by molar-refractivity contribution is 5.95. The second-order valence-corrected chi connectivity index (χ2v) is 10.2. The van der Waals surface area contributed by atoms with Gasteiger partial charge in [-0.3, -0.25) is 14.9 Å². The number of fused-ring (bicyclic) bond motifs is 1. The van der Waals surface area contributed by atoms with Crippen LogP contribution in [0.25, 0.3) is 11.4 Å². The molecule has 0 saturated carbocycles. The first kappa shape index (κ1) is 26.8. The molecule has 6 rings (SSSR count). The number of alkyl halides is 3. The number of amides is 1. The van der Waals surface area contributed by atoms with Crippen LogP contribution in [0.15, 0.2) is 67.0 Å². The van der Waals surface area contributed by atoms with Gasteiger partial charge in [-0.05, 0) is 74.5 Å². The van der Waals surface area contributed by atoms with E-state index < -0.39 is 23.3 Å². The highest BCUT2D eigenvalue weighted by Gasteiger charge is 2.38. The van der Waals surface area contributed by atoms with Gasteiger partial charge in [0, 0.05) is 41.2 Å². The number of H-pyrrole nitrogens is 1. The Kier molecular flexibility index (Phi) is 7.08. The van der Waals surface area contributed by atoms with E-state index in [0.29, 0.717) is 47.2 Å². The SMILES string of the molecule is O=C(N[C@H]1CCOc2ccc(C(F)(F)F)cc21)c1cccc(NC2(c3nc(-c4ccncc4)n[nH]3)CCNCC2)c1. The van der Waals surface area contributed by atoms with Gasteiger partial charge in [0.2, 0.25) is 0 Å². The fraction of sp³-hybridized carbons (Fsp3) is 0.310. The molecule has 9 nitrogen and oxygen atoms in total. The minimum atomic E-state index is -4.49. The topological polar surface area (TPSA) is 117 Å². The third-order valence-corrected chi connectivity index (χ3v) is 7.52. The third-order valence-electron chi connectivity index (χ3n) is 7.52. The Morgan fingerprint density at radius 2 is 1.85 bits per heavy atom. The molecule has 4 aromatic rings. The molecule has 2 aromatic carbocycles. The number of carbonyl (C=O) groups is 1. The Hall–Kier alpha value is -4.45. The average molecular weight is 564 g/mol. The molecule has 1 amide bonds. The van der Waals surface area contributed by atoms with E-state index in [-0.39, 0.29) is 5.91 Å². The molecule has 0 unspecified atom stereocenters. The van der Waals surface area contributed by atoms with Gasteiger partial charge in [0.25, 0.3) is 5.91 Å². The highest BCUT2D eigenvalue weighted by atomic mass is 19.4. The van der Waals surface area contributed by atoms with E-state index in [1.807, 2.05) is 18.2 Å². The Morgan fingerprint density at radius 1 is 1.05 bits per heavy atom. The minimum Gasteiger partial charge on any atom is -0.493 e. The van der Waals surface area contributed by atoms with Gasteiger partial charge in [-0.15, -0.1) is 0 Å². The molecule has 1 atom stereocenters. The monoisotopic (exact) mass is 563 g/mol. The fourth-order valence-electron chi connectivity index (χ4n) is 5.36. The minimum absolute atomic E-state index is 0.292. The van der Waals surface area contributed by atoms with Crippen LogP contribution in [0.2, 0.25) is 0 Å². The number of aromatic amines is 1. The van der Waals surface area contributed by atoms with Gasteiger partial charge in [-0.25, -0.2) is 4.98 Å². The van der Waals surface area contributed by atoms with E-state index in [9.17, 15) is 18.0 Å². The van der Waals surface area contributed by atoms with Crippen molar-refractivity contribution in [2.75, 3.05) is 25.0 Å². The summed E-state index contributed by atoms with van der Waals surface area (Å²) in [6.45, 7) is 1.82. The average Bonchev–Trinajstić information content (AvgIpc) is 3.49. The number of hydrogen-bond donors (Lipinski definition) is 4. The van der Waals surface area contributed by atoms with Crippen molar-refractivity contribution >= 4 is 11.6 Å². The number of aromatic nitrogens is 4. The Morgan fingerprint density at radius 3 is 2.63 bits per heavy atom. The third kappa shape index (κ3) is 5.60. The fourth-order valence-corrected chi connectivity index (χ4v) is 5.36. The zero-order valence-electron chi connectivity index (χ0n) is 22.0. The Bertz CT molecular complexity index is 1530. The number of rotatable bonds is 6. The van der Waals surface area contributed by atoms with Gasteiger partial charge in [-0.2, -0.15) is 18.3 Å². The molecule has 0 spiro atoms. The smallest absolute Gasteiger partial charge is 0.416 e. The van der Waals surface area contributed by atoms with E-state index in [1.165, 1.54) is 6.07 Å². The van der Waals surface area contributed by atoms with Gasteiger partial charge < -0.3 is 20.7 Å². The Labute approximate surface area is 233 Å². The van der Waals surface area contributed by atoms with Crippen LogP contribution in [0, 0.1) is 0 Å². The maximum atomic E-state index is 13.3. The lowest BCUT2D eigenvalue weighted by Gasteiger charge is -2.37. The van der Waals surface area contributed by atoms with Crippen molar-refractivity contribution in [1.82, 2.24) is 30.8 Å². The summed E-state index contributed by atoms with van der Waals surface area (Å²) in [5, 5.41) is 17.4. The number of carbonyl (C=O) groups excluding carboxylic acids is 1. The van der Waals surface area contributed by atoms with Crippen molar-refractivity contribution in [1.29, 1.82) is 0 Å². The second kappa shape index (κ2) is 10.8. The molecule has 4 N–H and O–H groups in total. The molecule has 1 saturated heterocycles. The summed E-state index contributed by atoms with van der Waals surface area (Å²) in [6, 6.07) is 13.5. The molecule has 2 aliphatic rings. The van der Waals surface area contributed by atoms with Crippen LogP contribution in [-0.4, -0.2) is 45.8 Å². The normalized spacial score (nSPS) is 18.2. The van der Waals surface area contributed by atoms with E-state index >= 15 is 0 Å². The Balaban J connectivity index is 1.23. The number of hydrogen-bond acceptors (Lipinski definition) is 7.